The molecule has 2 heterocycles. The molecular weight excluding hydrogens is 204 g/mol. The number of nitrogen functional groups attached to an aromatic ring is 2. The number of nitrogens with two attached hydrogens (primary N) is 2. The zero-order valence-electron chi connectivity index (χ0n) is 6.93. The summed E-state index contributed by atoms with van der Waals surface area (Å²) in [7, 11) is 0. The highest BCUT2D eigenvalue weighted by Crippen LogP contribution is 2.35. The Balaban J connectivity index is 2.77. The third-order valence-electron chi connectivity index (χ3n) is 1.79. The third kappa shape index (κ3) is 1.14. The molecule has 0 fully saturated rings. The van der Waals surface area contributed by atoms with Crippen LogP contribution in [0.2, 0.25) is 0 Å². The molecule has 2 aromatic rings. The van der Waals surface area contributed by atoms with Crippen molar-refractivity contribution in [1.29, 1.82) is 0 Å². The summed E-state index contributed by atoms with van der Waals surface area (Å²) in [5.41, 5.74) is 11.6. The van der Waals surface area contributed by atoms with Crippen LogP contribution in [0.15, 0.2) is 12.1 Å². The fraction of sp³-hybridized carbons (Fsp3) is 0. The molecule has 4 N–H and O–H groups in total. The van der Waals surface area contributed by atoms with E-state index in [2.05, 4.69) is 4.98 Å². The summed E-state index contributed by atoms with van der Waals surface area (Å²) in [6, 6.07) is 2.87. The average molecular weight is 210 g/mol. The lowest BCUT2D eigenvalue weighted by Crippen LogP contribution is -1.92. The zero-order valence-corrected chi connectivity index (χ0v) is 7.75. The van der Waals surface area contributed by atoms with E-state index in [0.29, 0.717) is 20.9 Å². The molecule has 0 aromatic carbocycles. The minimum Gasteiger partial charge on any atom is -0.390 e. The second-order valence-corrected chi connectivity index (χ2v) is 3.74. The van der Waals surface area contributed by atoms with Gasteiger partial charge in [0, 0.05) is 6.07 Å². The average Bonchev–Trinajstić information content (AvgIpc) is 2.42. The van der Waals surface area contributed by atoms with Gasteiger partial charge in [-0.2, -0.15) is 0 Å². The summed E-state index contributed by atoms with van der Waals surface area (Å²) in [5, 5.41) is 12.0. The molecule has 0 radical (unpaired) electrons. The number of hydrogen-bond donors (Lipinski definition) is 2. The molecule has 0 spiro atoms. The molecule has 0 saturated carbocycles. The lowest BCUT2D eigenvalue weighted by atomic mass is 10.3. The summed E-state index contributed by atoms with van der Waals surface area (Å²) in [6.45, 7) is 0. The summed E-state index contributed by atoms with van der Waals surface area (Å²) < 4.78 is 0. The number of aromatic nitrogens is 1. The summed E-state index contributed by atoms with van der Waals surface area (Å²) in [4.78, 5) is 13.7. The molecule has 0 unspecified atom stereocenters. The van der Waals surface area contributed by atoms with Crippen LogP contribution in [0, 0.1) is 10.1 Å². The highest BCUT2D eigenvalue weighted by Gasteiger charge is 2.16. The Hall–Kier alpha value is -1.89. The Morgan fingerprint density at radius 2 is 2.07 bits per heavy atom. The van der Waals surface area contributed by atoms with Crippen molar-refractivity contribution in [3.8, 4) is 0 Å². The second-order valence-electron chi connectivity index (χ2n) is 2.65. The van der Waals surface area contributed by atoms with Crippen LogP contribution >= 0.6 is 11.3 Å². The molecule has 0 aliphatic heterocycles. The predicted octanol–water partition coefficient (Wildman–Crippen LogP) is 1.37. The Labute approximate surface area is 82.3 Å². The lowest BCUT2D eigenvalue weighted by Gasteiger charge is -1.91. The number of nitro groups is 1. The van der Waals surface area contributed by atoms with Crippen LogP contribution < -0.4 is 11.5 Å². The van der Waals surface area contributed by atoms with Crippen LogP contribution in [0.3, 0.4) is 0 Å². The quantitative estimate of drug-likeness (QED) is 0.545. The topological polar surface area (TPSA) is 108 Å². The zero-order chi connectivity index (χ0) is 10.3. The van der Waals surface area contributed by atoms with Gasteiger partial charge in [-0.25, -0.2) is 0 Å². The normalized spacial score (nSPS) is 10.6. The molecule has 0 saturated heterocycles. The van der Waals surface area contributed by atoms with Gasteiger partial charge < -0.3 is 21.6 Å². The molecule has 0 aliphatic carbocycles. The summed E-state index contributed by atoms with van der Waals surface area (Å²) in [5.74, 6) is -0.220. The van der Waals surface area contributed by atoms with E-state index in [0.717, 1.165) is 0 Å². The molecule has 0 bridgehead atoms. The van der Waals surface area contributed by atoms with Crippen molar-refractivity contribution in [2.75, 3.05) is 11.5 Å². The van der Waals surface area contributed by atoms with Crippen molar-refractivity contribution >= 4 is 38.1 Å². The molecule has 0 aliphatic rings. The van der Waals surface area contributed by atoms with Gasteiger partial charge in [0.2, 0.25) is 5.52 Å². The van der Waals surface area contributed by atoms with Gasteiger partial charge in [0.25, 0.3) is 0 Å². The molecule has 0 atom stereocenters. The Kier molecular flexibility index (Phi) is 1.74. The molecular formula is C7H6N4O2S. The van der Waals surface area contributed by atoms with Gasteiger partial charge in [-0.05, 0) is 16.0 Å². The van der Waals surface area contributed by atoms with Crippen LogP contribution in [-0.2, 0) is 0 Å². The lowest BCUT2D eigenvalue weighted by molar-refractivity contribution is -0.389. The van der Waals surface area contributed by atoms with Crippen LogP contribution in [0.4, 0.5) is 15.8 Å². The molecule has 72 valence electrons. The number of pyridine rings is 1. The second kappa shape index (κ2) is 2.81. The standard InChI is InChI=1S/C7H6N4O2S/c8-6-3-1-2-4(11(12)13)10-5(3)7(9)14-6/h1-2H,8-9H2. The number of fused-ring (bicyclic) bond motifs is 1. The van der Waals surface area contributed by atoms with E-state index in [-0.39, 0.29) is 5.82 Å². The van der Waals surface area contributed by atoms with Crippen LogP contribution in [-0.4, -0.2) is 9.91 Å². The smallest absolute Gasteiger partial charge is 0.364 e. The maximum atomic E-state index is 10.4. The van der Waals surface area contributed by atoms with Gasteiger partial charge in [0.15, 0.2) is 0 Å². The first kappa shape index (κ1) is 8.70. The van der Waals surface area contributed by atoms with Crippen molar-refractivity contribution < 1.29 is 4.92 Å². The number of rotatable bonds is 1. The van der Waals surface area contributed by atoms with Gasteiger partial charge in [0.1, 0.15) is 5.00 Å². The number of hydrogen-bond acceptors (Lipinski definition) is 6. The minimum atomic E-state index is -0.563. The molecule has 6 nitrogen and oxygen atoms in total. The first-order valence-electron chi connectivity index (χ1n) is 3.68. The SMILES string of the molecule is Nc1sc(N)c2nc([N+](=O)[O-])ccc12. The van der Waals surface area contributed by atoms with Crippen molar-refractivity contribution in [3.63, 3.8) is 0 Å². The van der Waals surface area contributed by atoms with E-state index in [9.17, 15) is 10.1 Å². The van der Waals surface area contributed by atoms with Gasteiger partial charge >= 0.3 is 5.82 Å². The first-order chi connectivity index (χ1) is 6.59. The van der Waals surface area contributed by atoms with Crippen LogP contribution in [0.1, 0.15) is 0 Å². The number of thiophene rings is 1. The van der Waals surface area contributed by atoms with Crippen molar-refractivity contribution in [3.05, 3.63) is 22.2 Å². The predicted molar refractivity (Wildman–Crippen MR) is 55.1 cm³/mol. The largest absolute Gasteiger partial charge is 0.390 e. The van der Waals surface area contributed by atoms with E-state index in [1.54, 1.807) is 6.07 Å². The van der Waals surface area contributed by atoms with E-state index in [1.165, 1.54) is 17.4 Å². The van der Waals surface area contributed by atoms with Gasteiger partial charge in [0.05, 0.1) is 10.4 Å². The monoisotopic (exact) mass is 210 g/mol. The molecule has 14 heavy (non-hydrogen) atoms. The van der Waals surface area contributed by atoms with Crippen LogP contribution in [0.5, 0.6) is 0 Å². The van der Waals surface area contributed by atoms with Gasteiger partial charge in [-0.15, -0.1) is 0 Å². The highest BCUT2D eigenvalue weighted by atomic mass is 32.1. The van der Waals surface area contributed by atoms with Gasteiger partial charge in [-0.3, -0.25) is 0 Å². The fourth-order valence-electron chi connectivity index (χ4n) is 1.16. The van der Waals surface area contributed by atoms with Crippen molar-refractivity contribution in [1.82, 2.24) is 4.98 Å². The molecule has 0 amide bonds. The van der Waals surface area contributed by atoms with Crippen LogP contribution in [0.25, 0.3) is 10.9 Å². The summed E-state index contributed by atoms with van der Waals surface area (Å²) >= 11 is 1.17. The van der Waals surface area contributed by atoms with E-state index >= 15 is 0 Å². The minimum absolute atomic E-state index is 0.220. The first-order valence-corrected chi connectivity index (χ1v) is 4.50. The van der Waals surface area contributed by atoms with Gasteiger partial charge in [-0.1, -0.05) is 11.3 Å². The molecule has 7 heteroatoms. The molecule has 2 rings (SSSR count). The van der Waals surface area contributed by atoms with Crippen molar-refractivity contribution in [2.24, 2.45) is 0 Å². The number of nitrogens with zero attached hydrogens (tertiary/aromatic N) is 2. The Morgan fingerprint density at radius 1 is 1.36 bits per heavy atom. The van der Waals surface area contributed by atoms with E-state index in [4.69, 9.17) is 11.5 Å². The highest BCUT2D eigenvalue weighted by molar-refractivity contribution is 7.21. The van der Waals surface area contributed by atoms with E-state index in [1.807, 2.05) is 0 Å². The van der Waals surface area contributed by atoms with E-state index < -0.39 is 4.92 Å². The summed E-state index contributed by atoms with van der Waals surface area (Å²) in [6.07, 6.45) is 0. The third-order valence-corrected chi connectivity index (χ3v) is 2.64. The fourth-order valence-corrected chi connectivity index (χ4v) is 1.92. The maximum absolute atomic E-state index is 10.4. The maximum Gasteiger partial charge on any atom is 0.364 e. The molecule has 2 aromatic heterocycles. The number of anilines is 2. The Bertz CT molecular complexity index is 522. The Morgan fingerprint density at radius 3 is 2.71 bits per heavy atom. The van der Waals surface area contributed by atoms with Crippen molar-refractivity contribution in [2.45, 2.75) is 0 Å².